The maximum Gasteiger partial charge on any atom is 0.191 e. The average molecular weight is 403 g/mol. The zero-order valence-corrected chi connectivity index (χ0v) is 14.1. The van der Waals surface area contributed by atoms with E-state index >= 15 is 0 Å². The summed E-state index contributed by atoms with van der Waals surface area (Å²) in [6.07, 6.45) is 2.46. The van der Waals surface area contributed by atoms with Gasteiger partial charge in [0.25, 0.3) is 0 Å². The Hall–Kier alpha value is -1.57. The lowest BCUT2D eigenvalue weighted by molar-refractivity contribution is 0.507. The molecule has 21 heavy (non-hydrogen) atoms. The summed E-state index contributed by atoms with van der Waals surface area (Å²) < 4.78 is 18.0. The van der Waals surface area contributed by atoms with Crippen LogP contribution in [0.4, 0.5) is 4.39 Å². The van der Waals surface area contributed by atoms with E-state index in [2.05, 4.69) is 15.6 Å². The monoisotopic (exact) mass is 403 g/mol. The highest BCUT2D eigenvalue weighted by molar-refractivity contribution is 14.0. The first-order valence-corrected chi connectivity index (χ1v) is 6.49. The van der Waals surface area contributed by atoms with Crippen molar-refractivity contribution in [3.05, 3.63) is 59.8 Å². The van der Waals surface area contributed by atoms with Gasteiger partial charge in [-0.25, -0.2) is 4.39 Å². The van der Waals surface area contributed by atoms with E-state index in [1.807, 2.05) is 12.1 Å². The first-order chi connectivity index (χ1) is 9.78. The van der Waals surface area contributed by atoms with Gasteiger partial charge in [-0.2, -0.15) is 0 Å². The van der Waals surface area contributed by atoms with Gasteiger partial charge in [-0.1, -0.05) is 12.1 Å². The summed E-state index contributed by atoms with van der Waals surface area (Å²) in [4.78, 5) is 4.13. The van der Waals surface area contributed by atoms with Crippen LogP contribution in [0.5, 0.6) is 0 Å². The molecule has 0 saturated carbocycles. The molecule has 0 aliphatic rings. The molecule has 1 aromatic carbocycles. The van der Waals surface area contributed by atoms with Crippen LogP contribution in [0.15, 0.2) is 52.1 Å². The topological polar surface area (TPSA) is 49.6 Å². The predicted octanol–water partition coefficient (Wildman–Crippen LogP) is 2.94. The van der Waals surface area contributed by atoms with E-state index in [0.29, 0.717) is 12.5 Å². The van der Waals surface area contributed by atoms with Gasteiger partial charge in [0.1, 0.15) is 11.6 Å². The summed E-state index contributed by atoms with van der Waals surface area (Å²) in [5, 5.41) is 6.37. The molecule has 0 bridgehead atoms. The zero-order valence-electron chi connectivity index (χ0n) is 11.8. The molecule has 4 nitrogen and oxygen atoms in total. The molecule has 1 heterocycles. The maximum absolute atomic E-state index is 12.8. The van der Waals surface area contributed by atoms with Crippen molar-refractivity contribution in [2.75, 3.05) is 13.6 Å². The first-order valence-electron chi connectivity index (χ1n) is 6.49. The van der Waals surface area contributed by atoms with Crippen molar-refractivity contribution in [3.63, 3.8) is 0 Å². The molecule has 114 valence electrons. The molecule has 0 radical (unpaired) electrons. The number of nitrogens with one attached hydrogen (secondary N) is 2. The normalized spacial score (nSPS) is 10.9. The van der Waals surface area contributed by atoms with Crippen molar-refractivity contribution in [2.24, 2.45) is 4.99 Å². The fourth-order valence-corrected chi connectivity index (χ4v) is 1.77. The molecule has 0 amide bonds. The van der Waals surface area contributed by atoms with Crippen LogP contribution >= 0.6 is 24.0 Å². The van der Waals surface area contributed by atoms with Crippen molar-refractivity contribution in [2.45, 2.75) is 13.0 Å². The van der Waals surface area contributed by atoms with Gasteiger partial charge >= 0.3 is 0 Å². The summed E-state index contributed by atoms with van der Waals surface area (Å²) >= 11 is 0. The Balaban J connectivity index is 0.00000220. The van der Waals surface area contributed by atoms with E-state index in [-0.39, 0.29) is 29.8 Å². The van der Waals surface area contributed by atoms with Crippen LogP contribution in [-0.4, -0.2) is 19.6 Å². The number of halogens is 2. The zero-order chi connectivity index (χ0) is 14.2. The van der Waals surface area contributed by atoms with Gasteiger partial charge in [0, 0.05) is 26.6 Å². The van der Waals surface area contributed by atoms with Crippen LogP contribution in [0.1, 0.15) is 11.3 Å². The molecule has 0 spiro atoms. The molecule has 0 atom stereocenters. The first kappa shape index (κ1) is 17.5. The van der Waals surface area contributed by atoms with Crippen LogP contribution < -0.4 is 10.6 Å². The SMILES string of the molecule is CN=C(NCCc1ccco1)NCc1ccc(F)cc1.I. The number of benzene rings is 1. The Morgan fingerprint density at radius 1 is 1.19 bits per heavy atom. The summed E-state index contributed by atoms with van der Waals surface area (Å²) in [5.74, 6) is 1.42. The third-order valence-corrected chi connectivity index (χ3v) is 2.84. The van der Waals surface area contributed by atoms with Crippen LogP contribution in [0, 0.1) is 5.82 Å². The Morgan fingerprint density at radius 3 is 2.57 bits per heavy atom. The van der Waals surface area contributed by atoms with E-state index < -0.39 is 0 Å². The Bertz CT molecular complexity index is 541. The second kappa shape index (κ2) is 9.38. The highest BCUT2D eigenvalue weighted by Crippen LogP contribution is 2.02. The minimum atomic E-state index is -0.227. The summed E-state index contributed by atoms with van der Waals surface area (Å²) in [6, 6.07) is 10.2. The highest BCUT2D eigenvalue weighted by Gasteiger charge is 2.00. The average Bonchev–Trinajstić information content (AvgIpc) is 2.97. The van der Waals surface area contributed by atoms with E-state index in [0.717, 1.165) is 24.3 Å². The van der Waals surface area contributed by atoms with E-state index in [1.165, 1.54) is 12.1 Å². The number of aliphatic imine (C=N–C) groups is 1. The number of guanidine groups is 1. The smallest absolute Gasteiger partial charge is 0.191 e. The van der Waals surface area contributed by atoms with Crippen LogP contribution in [0.3, 0.4) is 0 Å². The molecular weight excluding hydrogens is 384 g/mol. The lowest BCUT2D eigenvalue weighted by Crippen LogP contribution is -2.37. The fraction of sp³-hybridized carbons (Fsp3) is 0.267. The van der Waals surface area contributed by atoms with Crippen molar-refractivity contribution < 1.29 is 8.81 Å². The molecule has 0 aliphatic heterocycles. The van der Waals surface area contributed by atoms with E-state index in [4.69, 9.17) is 4.42 Å². The molecule has 2 aromatic rings. The van der Waals surface area contributed by atoms with Crippen molar-refractivity contribution in [3.8, 4) is 0 Å². The fourth-order valence-electron chi connectivity index (χ4n) is 1.77. The molecule has 0 saturated heterocycles. The summed E-state index contributed by atoms with van der Waals surface area (Å²) in [6.45, 7) is 1.33. The molecule has 1 aromatic heterocycles. The van der Waals surface area contributed by atoms with Gasteiger partial charge in [-0.3, -0.25) is 4.99 Å². The number of hydrogen-bond acceptors (Lipinski definition) is 2. The Labute approximate surface area is 140 Å². The molecular formula is C15H19FIN3O. The standard InChI is InChI=1S/C15H18FN3O.HI/c1-17-15(18-9-8-14-3-2-10-20-14)19-11-12-4-6-13(16)7-5-12;/h2-7,10H,8-9,11H2,1H3,(H2,17,18,19);1H. The van der Waals surface area contributed by atoms with Crippen LogP contribution in [0.2, 0.25) is 0 Å². The molecule has 0 unspecified atom stereocenters. The molecule has 0 fully saturated rings. The van der Waals surface area contributed by atoms with Crippen molar-refractivity contribution in [1.29, 1.82) is 0 Å². The molecule has 2 rings (SSSR count). The Kier molecular flexibility index (Phi) is 7.81. The van der Waals surface area contributed by atoms with Gasteiger partial charge in [0.05, 0.1) is 6.26 Å². The number of nitrogens with zero attached hydrogens (tertiary/aromatic N) is 1. The van der Waals surface area contributed by atoms with Crippen LogP contribution in [-0.2, 0) is 13.0 Å². The van der Waals surface area contributed by atoms with Gasteiger partial charge in [-0.05, 0) is 29.8 Å². The molecule has 6 heteroatoms. The maximum atomic E-state index is 12.8. The van der Waals surface area contributed by atoms with Gasteiger partial charge < -0.3 is 15.1 Å². The van der Waals surface area contributed by atoms with Gasteiger partial charge in [-0.15, -0.1) is 24.0 Å². The second-order valence-electron chi connectivity index (χ2n) is 4.31. The lowest BCUT2D eigenvalue weighted by atomic mass is 10.2. The van der Waals surface area contributed by atoms with Gasteiger partial charge in [0.2, 0.25) is 0 Å². The molecule has 0 aliphatic carbocycles. The summed E-state index contributed by atoms with van der Waals surface area (Å²) in [7, 11) is 1.72. The Morgan fingerprint density at radius 2 is 1.95 bits per heavy atom. The third-order valence-electron chi connectivity index (χ3n) is 2.84. The van der Waals surface area contributed by atoms with Crippen molar-refractivity contribution >= 4 is 29.9 Å². The minimum Gasteiger partial charge on any atom is -0.469 e. The number of furan rings is 1. The lowest BCUT2D eigenvalue weighted by Gasteiger charge is -2.11. The van der Waals surface area contributed by atoms with E-state index in [1.54, 1.807) is 25.4 Å². The predicted molar refractivity (Wildman–Crippen MR) is 92.4 cm³/mol. The molecule has 2 N–H and O–H groups in total. The number of hydrogen-bond donors (Lipinski definition) is 2. The van der Waals surface area contributed by atoms with Crippen molar-refractivity contribution in [1.82, 2.24) is 10.6 Å². The quantitative estimate of drug-likeness (QED) is 0.459. The van der Waals surface area contributed by atoms with E-state index in [9.17, 15) is 4.39 Å². The summed E-state index contributed by atoms with van der Waals surface area (Å²) in [5.41, 5.74) is 1.00. The second-order valence-corrected chi connectivity index (χ2v) is 4.31. The number of rotatable bonds is 5. The van der Waals surface area contributed by atoms with Crippen LogP contribution in [0.25, 0.3) is 0 Å². The highest BCUT2D eigenvalue weighted by atomic mass is 127. The van der Waals surface area contributed by atoms with Gasteiger partial charge in [0.15, 0.2) is 5.96 Å². The minimum absolute atomic E-state index is 0. The third kappa shape index (κ3) is 6.16. The largest absolute Gasteiger partial charge is 0.469 e.